The molecule has 0 bridgehead atoms. The number of carbonyl (C=O) groups is 1. The smallest absolute Gasteiger partial charge is 0.251 e. The first-order valence-electron chi connectivity index (χ1n) is 8.85. The number of ether oxygens (including phenoxy) is 2. The lowest BCUT2D eigenvalue weighted by Crippen LogP contribution is -2.23. The van der Waals surface area contributed by atoms with E-state index in [0.717, 1.165) is 16.9 Å². The van der Waals surface area contributed by atoms with Gasteiger partial charge >= 0.3 is 0 Å². The second-order valence-corrected chi connectivity index (χ2v) is 6.91. The van der Waals surface area contributed by atoms with Crippen molar-refractivity contribution >= 4 is 17.5 Å². The summed E-state index contributed by atoms with van der Waals surface area (Å²) in [6.45, 7) is 8.24. The molecule has 0 aliphatic rings. The van der Waals surface area contributed by atoms with Crippen molar-refractivity contribution in [2.75, 3.05) is 13.2 Å². The van der Waals surface area contributed by atoms with Gasteiger partial charge in [0.05, 0.1) is 13.2 Å². The van der Waals surface area contributed by atoms with Crippen molar-refractivity contribution < 1.29 is 14.3 Å². The molecule has 0 atom stereocenters. The summed E-state index contributed by atoms with van der Waals surface area (Å²) < 4.78 is 11.4. The lowest BCUT2D eigenvalue weighted by atomic mass is 10.1. The van der Waals surface area contributed by atoms with Gasteiger partial charge in [-0.25, -0.2) is 0 Å². The zero-order chi connectivity index (χ0) is 18.9. The van der Waals surface area contributed by atoms with Crippen molar-refractivity contribution in [2.45, 2.75) is 33.9 Å². The zero-order valence-electron chi connectivity index (χ0n) is 15.5. The third kappa shape index (κ3) is 6.36. The average Bonchev–Trinajstić information content (AvgIpc) is 2.62. The third-order valence-corrected chi connectivity index (χ3v) is 3.95. The maximum absolute atomic E-state index is 12.5. The summed E-state index contributed by atoms with van der Waals surface area (Å²) in [4.78, 5) is 12.5. The summed E-state index contributed by atoms with van der Waals surface area (Å²) in [5.74, 6) is 1.08. The molecule has 0 heterocycles. The maximum Gasteiger partial charge on any atom is 0.251 e. The fourth-order valence-electron chi connectivity index (χ4n) is 2.42. The number of amides is 1. The van der Waals surface area contributed by atoms with Gasteiger partial charge in [0.25, 0.3) is 5.91 Å². The normalized spacial score (nSPS) is 10.8. The van der Waals surface area contributed by atoms with Gasteiger partial charge in [0.2, 0.25) is 0 Å². The lowest BCUT2D eigenvalue weighted by molar-refractivity contribution is 0.0935. The Balaban J connectivity index is 2.04. The fraction of sp³-hybridized carbons (Fsp3) is 0.381. The first-order chi connectivity index (χ1) is 12.5. The second-order valence-electron chi connectivity index (χ2n) is 6.47. The number of hydrogen-bond acceptors (Lipinski definition) is 3. The molecule has 0 saturated heterocycles. The Morgan fingerprint density at radius 2 is 1.88 bits per heavy atom. The third-order valence-electron chi connectivity index (χ3n) is 3.70. The van der Waals surface area contributed by atoms with E-state index in [0.29, 0.717) is 42.9 Å². The van der Waals surface area contributed by atoms with Crippen LogP contribution in [0, 0.1) is 5.92 Å². The van der Waals surface area contributed by atoms with Crippen LogP contribution in [0.5, 0.6) is 5.75 Å². The van der Waals surface area contributed by atoms with E-state index in [2.05, 4.69) is 19.2 Å². The molecule has 140 valence electrons. The largest absolute Gasteiger partial charge is 0.494 e. The minimum Gasteiger partial charge on any atom is -0.494 e. The lowest BCUT2D eigenvalue weighted by Gasteiger charge is -2.14. The highest BCUT2D eigenvalue weighted by Gasteiger charge is 2.11. The topological polar surface area (TPSA) is 47.6 Å². The van der Waals surface area contributed by atoms with Gasteiger partial charge < -0.3 is 14.8 Å². The van der Waals surface area contributed by atoms with E-state index in [9.17, 15) is 4.79 Å². The first kappa shape index (κ1) is 20.3. The summed E-state index contributed by atoms with van der Waals surface area (Å²) >= 11 is 5.88. The Morgan fingerprint density at radius 3 is 2.54 bits per heavy atom. The van der Waals surface area contributed by atoms with Gasteiger partial charge in [-0.1, -0.05) is 37.6 Å². The monoisotopic (exact) mass is 375 g/mol. The molecule has 0 spiro atoms. The minimum atomic E-state index is -0.131. The Kier molecular flexibility index (Phi) is 7.95. The van der Waals surface area contributed by atoms with Crippen LogP contribution < -0.4 is 10.1 Å². The van der Waals surface area contributed by atoms with Crippen LogP contribution in [0.2, 0.25) is 5.02 Å². The van der Waals surface area contributed by atoms with E-state index in [-0.39, 0.29) is 5.91 Å². The Hall–Kier alpha value is -2.04. The van der Waals surface area contributed by atoms with Gasteiger partial charge in [-0.05, 0) is 48.7 Å². The van der Waals surface area contributed by atoms with E-state index >= 15 is 0 Å². The molecule has 0 fully saturated rings. The molecule has 4 nitrogen and oxygen atoms in total. The molecule has 0 saturated carbocycles. The van der Waals surface area contributed by atoms with Crippen LogP contribution in [-0.2, 0) is 17.9 Å². The Morgan fingerprint density at radius 1 is 1.15 bits per heavy atom. The summed E-state index contributed by atoms with van der Waals surface area (Å²) in [7, 11) is 0. The van der Waals surface area contributed by atoms with Crippen molar-refractivity contribution in [3.63, 3.8) is 0 Å². The SMILES string of the molecule is CCOc1ccc(C(=O)NCc2ccc(Cl)cc2)cc1COCC(C)C. The van der Waals surface area contributed by atoms with Crippen LogP contribution in [0.4, 0.5) is 0 Å². The van der Waals surface area contributed by atoms with E-state index in [4.69, 9.17) is 21.1 Å². The fourth-order valence-corrected chi connectivity index (χ4v) is 2.55. The van der Waals surface area contributed by atoms with Crippen molar-refractivity contribution in [3.05, 3.63) is 64.2 Å². The van der Waals surface area contributed by atoms with Crippen LogP contribution in [0.15, 0.2) is 42.5 Å². The van der Waals surface area contributed by atoms with Gasteiger partial charge in [-0.2, -0.15) is 0 Å². The molecule has 0 aliphatic carbocycles. The molecule has 0 radical (unpaired) electrons. The maximum atomic E-state index is 12.5. The quantitative estimate of drug-likeness (QED) is 0.682. The van der Waals surface area contributed by atoms with E-state index in [1.54, 1.807) is 6.07 Å². The van der Waals surface area contributed by atoms with Gasteiger partial charge in [-0.3, -0.25) is 4.79 Å². The molecule has 2 rings (SSSR count). The molecule has 2 aromatic rings. The van der Waals surface area contributed by atoms with E-state index in [1.807, 2.05) is 43.3 Å². The summed E-state index contributed by atoms with van der Waals surface area (Å²) in [5.41, 5.74) is 2.46. The predicted molar refractivity (Wildman–Crippen MR) is 105 cm³/mol. The standard InChI is InChI=1S/C21H26ClNO3/c1-4-26-20-10-7-17(11-18(20)14-25-13-15(2)3)21(24)23-12-16-5-8-19(22)9-6-16/h5-11,15H,4,12-14H2,1-3H3,(H,23,24). The highest BCUT2D eigenvalue weighted by atomic mass is 35.5. The molecular formula is C21H26ClNO3. The molecule has 1 N–H and O–H groups in total. The van der Waals surface area contributed by atoms with Crippen LogP contribution >= 0.6 is 11.6 Å². The first-order valence-corrected chi connectivity index (χ1v) is 9.23. The van der Waals surface area contributed by atoms with Crippen molar-refractivity contribution in [3.8, 4) is 5.75 Å². The van der Waals surface area contributed by atoms with Gasteiger partial charge in [0.15, 0.2) is 0 Å². The summed E-state index contributed by atoms with van der Waals surface area (Å²) in [6, 6.07) is 12.8. The zero-order valence-corrected chi connectivity index (χ0v) is 16.3. The van der Waals surface area contributed by atoms with Crippen molar-refractivity contribution in [2.24, 2.45) is 5.92 Å². The summed E-state index contributed by atoms with van der Waals surface area (Å²) in [6.07, 6.45) is 0. The molecule has 2 aromatic carbocycles. The van der Waals surface area contributed by atoms with Gasteiger partial charge in [0, 0.05) is 29.3 Å². The van der Waals surface area contributed by atoms with Crippen LogP contribution in [-0.4, -0.2) is 19.1 Å². The van der Waals surface area contributed by atoms with Crippen LogP contribution in [0.1, 0.15) is 42.3 Å². The molecule has 0 aromatic heterocycles. The van der Waals surface area contributed by atoms with E-state index in [1.165, 1.54) is 0 Å². The van der Waals surface area contributed by atoms with Crippen molar-refractivity contribution in [1.82, 2.24) is 5.32 Å². The van der Waals surface area contributed by atoms with Gasteiger partial charge in [0.1, 0.15) is 5.75 Å². The van der Waals surface area contributed by atoms with Crippen LogP contribution in [0.3, 0.4) is 0 Å². The summed E-state index contributed by atoms with van der Waals surface area (Å²) in [5, 5.41) is 3.60. The molecule has 26 heavy (non-hydrogen) atoms. The predicted octanol–water partition coefficient (Wildman–Crippen LogP) is 4.84. The molecular weight excluding hydrogens is 350 g/mol. The van der Waals surface area contributed by atoms with Crippen molar-refractivity contribution in [1.29, 1.82) is 0 Å². The highest BCUT2D eigenvalue weighted by Crippen LogP contribution is 2.22. The number of hydrogen-bond donors (Lipinski definition) is 1. The number of rotatable bonds is 9. The Labute approximate surface area is 160 Å². The Bertz CT molecular complexity index is 714. The van der Waals surface area contributed by atoms with Crippen LogP contribution in [0.25, 0.3) is 0 Å². The molecule has 0 aliphatic heterocycles. The average molecular weight is 376 g/mol. The number of halogens is 1. The number of benzene rings is 2. The molecule has 1 amide bonds. The van der Waals surface area contributed by atoms with Gasteiger partial charge in [-0.15, -0.1) is 0 Å². The minimum absolute atomic E-state index is 0.131. The highest BCUT2D eigenvalue weighted by molar-refractivity contribution is 6.30. The number of nitrogens with one attached hydrogen (secondary N) is 1. The molecule has 5 heteroatoms. The van der Waals surface area contributed by atoms with E-state index < -0.39 is 0 Å². The second kappa shape index (κ2) is 10.2. The number of carbonyl (C=O) groups excluding carboxylic acids is 1. The molecule has 0 unspecified atom stereocenters.